The van der Waals surface area contributed by atoms with Crippen molar-refractivity contribution in [1.29, 1.82) is 0 Å². The predicted molar refractivity (Wildman–Crippen MR) is 117 cm³/mol. The molecule has 0 unspecified atom stereocenters. The lowest BCUT2D eigenvalue weighted by Gasteiger charge is -2.36. The van der Waals surface area contributed by atoms with Crippen LogP contribution in [0.3, 0.4) is 0 Å². The second-order valence-corrected chi connectivity index (χ2v) is 7.00. The highest BCUT2D eigenvalue weighted by atomic mass is 16.5. The van der Waals surface area contributed by atoms with E-state index in [2.05, 4.69) is 50.4 Å². The molecule has 6 nitrogen and oxygen atoms in total. The minimum atomic E-state index is 0.456. The lowest BCUT2D eigenvalue weighted by molar-refractivity contribution is 0.185. The first kappa shape index (κ1) is 20.2. The number of guanidine groups is 1. The van der Waals surface area contributed by atoms with E-state index in [1.165, 1.54) is 5.69 Å². The van der Waals surface area contributed by atoms with Crippen LogP contribution in [-0.2, 0) is 11.3 Å². The molecule has 0 radical (unpaired) electrons. The molecule has 1 fully saturated rings. The molecule has 1 saturated heterocycles. The van der Waals surface area contributed by atoms with Gasteiger partial charge < -0.3 is 20.7 Å². The second-order valence-electron chi connectivity index (χ2n) is 7.00. The molecule has 1 aliphatic heterocycles. The van der Waals surface area contributed by atoms with Crippen molar-refractivity contribution in [2.45, 2.75) is 13.0 Å². The van der Waals surface area contributed by atoms with Gasteiger partial charge in [-0.2, -0.15) is 0 Å². The molecule has 150 valence electrons. The highest BCUT2D eigenvalue weighted by Gasteiger charge is 2.16. The van der Waals surface area contributed by atoms with Gasteiger partial charge in [-0.25, -0.2) is 0 Å². The monoisotopic (exact) mass is 381 g/mol. The van der Waals surface area contributed by atoms with Gasteiger partial charge in [-0.05, 0) is 24.6 Å². The summed E-state index contributed by atoms with van der Waals surface area (Å²) in [5.41, 5.74) is 9.39. The molecule has 3 rings (SSSR count). The summed E-state index contributed by atoms with van der Waals surface area (Å²) in [7, 11) is 1.69. The molecule has 6 heteroatoms. The quantitative estimate of drug-likeness (QED) is 0.418. The average Bonchev–Trinajstić information content (AvgIpc) is 2.74. The lowest BCUT2D eigenvalue weighted by atomic mass is 10.2. The van der Waals surface area contributed by atoms with Gasteiger partial charge in [-0.3, -0.25) is 9.89 Å². The van der Waals surface area contributed by atoms with Crippen LogP contribution < -0.4 is 16.0 Å². The molecule has 0 atom stereocenters. The summed E-state index contributed by atoms with van der Waals surface area (Å²) in [6.07, 6.45) is 1.01. The summed E-state index contributed by atoms with van der Waals surface area (Å²) in [6, 6.07) is 18.6. The first-order valence-corrected chi connectivity index (χ1v) is 9.92. The van der Waals surface area contributed by atoms with E-state index in [1.807, 2.05) is 24.3 Å². The smallest absolute Gasteiger partial charge is 0.193 e. The summed E-state index contributed by atoms with van der Waals surface area (Å²) < 4.78 is 5.22. The Bertz CT molecular complexity index is 742. The van der Waals surface area contributed by atoms with Gasteiger partial charge in [0.1, 0.15) is 0 Å². The average molecular weight is 382 g/mol. The molecule has 0 aliphatic carbocycles. The number of ether oxygens (including phenoxy) is 1. The third-order valence-corrected chi connectivity index (χ3v) is 4.99. The van der Waals surface area contributed by atoms with Crippen LogP contribution in [0.2, 0.25) is 0 Å². The van der Waals surface area contributed by atoms with E-state index in [4.69, 9.17) is 10.5 Å². The fraction of sp³-hybridized carbons (Fsp3) is 0.409. The number of hydrogen-bond donors (Lipinski definition) is 2. The molecule has 0 bridgehead atoms. The van der Waals surface area contributed by atoms with Gasteiger partial charge in [0.25, 0.3) is 0 Å². The van der Waals surface area contributed by atoms with Crippen LogP contribution in [-0.4, -0.2) is 57.2 Å². The third-order valence-electron chi connectivity index (χ3n) is 4.99. The van der Waals surface area contributed by atoms with Crippen molar-refractivity contribution in [2.24, 2.45) is 10.7 Å². The number of nitrogens with one attached hydrogen (secondary N) is 1. The van der Waals surface area contributed by atoms with Gasteiger partial charge in [-0.1, -0.05) is 36.4 Å². The van der Waals surface area contributed by atoms with Gasteiger partial charge in [-0.15, -0.1) is 0 Å². The van der Waals surface area contributed by atoms with E-state index in [1.54, 1.807) is 7.11 Å². The maximum absolute atomic E-state index is 6.05. The zero-order valence-electron chi connectivity index (χ0n) is 16.7. The standard InChI is InChI=1S/C22H31N5O/c1-28-18-19-8-5-6-11-21(19)25-22(23)24-12-7-13-26-14-16-27(17-15-26)20-9-3-2-4-10-20/h2-6,8-11H,7,12-18H2,1H3,(H3,23,24,25). The number of rotatable bonds is 8. The molecule has 0 saturated carbocycles. The Morgan fingerprint density at radius 1 is 1.04 bits per heavy atom. The first-order valence-electron chi connectivity index (χ1n) is 9.92. The Balaban J connectivity index is 1.37. The Hall–Kier alpha value is -2.57. The third kappa shape index (κ3) is 5.97. The number of benzene rings is 2. The molecule has 3 N–H and O–H groups in total. The van der Waals surface area contributed by atoms with Crippen molar-refractivity contribution < 1.29 is 4.74 Å². The van der Waals surface area contributed by atoms with Crippen molar-refractivity contribution in [2.75, 3.05) is 56.6 Å². The van der Waals surface area contributed by atoms with Crippen LogP contribution in [0.1, 0.15) is 12.0 Å². The minimum Gasteiger partial charge on any atom is -0.380 e. The minimum absolute atomic E-state index is 0.456. The Morgan fingerprint density at radius 3 is 2.50 bits per heavy atom. The molecule has 1 heterocycles. The zero-order chi connectivity index (χ0) is 19.6. The number of piperazine rings is 1. The van der Waals surface area contributed by atoms with E-state index in [9.17, 15) is 0 Å². The van der Waals surface area contributed by atoms with Gasteiger partial charge in [0.2, 0.25) is 0 Å². The Morgan fingerprint density at radius 2 is 1.75 bits per heavy atom. The first-order chi connectivity index (χ1) is 13.8. The molecule has 2 aromatic rings. The van der Waals surface area contributed by atoms with Crippen molar-refractivity contribution in [3.8, 4) is 0 Å². The topological polar surface area (TPSA) is 66.1 Å². The van der Waals surface area contributed by atoms with Crippen molar-refractivity contribution in [1.82, 2.24) is 4.90 Å². The largest absolute Gasteiger partial charge is 0.380 e. The van der Waals surface area contributed by atoms with Crippen molar-refractivity contribution in [3.63, 3.8) is 0 Å². The number of methoxy groups -OCH3 is 1. The summed E-state index contributed by atoms with van der Waals surface area (Å²) >= 11 is 0. The fourth-order valence-corrected chi connectivity index (χ4v) is 3.46. The fourth-order valence-electron chi connectivity index (χ4n) is 3.46. The van der Waals surface area contributed by atoms with E-state index in [-0.39, 0.29) is 0 Å². The van der Waals surface area contributed by atoms with Crippen LogP contribution >= 0.6 is 0 Å². The lowest BCUT2D eigenvalue weighted by Crippen LogP contribution is -2.46. The molecule has 1 aliphatic rings. The maximum Gasteiger partial charge on any atom is 0.193 e. The van der Waals surface area contributed by atoms with Crippen molar-refractivity contribution >= 4 is 17.3 Å². The van der Waals surface area contributed by atoms with E-state index in [0.717, 1.165) is 56.9 Å². The number of hydrogen-bond acceptors (Lipinski definition) is 4. The summed E-state index contributed by atoms with van der Waals surface area (Å²) in [5.74, 6) is 0.456. The normalized spacial score (nSPS) is 15.6. The number of aliphatic imine (C=N–C) groups is 1. The van der Waals surface area contributed by atoms with Gasteiger partial charge in [0.05, 0.1) is 6.61 Å². The van der Waals surface area contributed by atoms with E-state index in [0.29, 0.717) is 12.6 Å². The summed E-state index contributed by atoms with van der Waals surface area (Å²) in [6.45, 7) is 6.67. The molecule has 0 amide bonds. The van der Waals surface area contributed by atoms with Crippen LogP contribution in [0.5, 0.6) is 0 Å². The summed E-state index contributed by atoms with van der Waals surface area (Å²) in [4.78, 5) is 9.43. The molecule has 0 aromatic heterocycles. The Labute approximate surface area is 168 Å². The maximum atomic E-state index is 6.05. The molecule has 2 aromatic carbocycles. The number of nitrogens with two attached hydrogens (primary N) is 1. The predicted octanol–water partition coefficient (Wildman–Crippen LogP) is 2.77. The van der Waals surface area contributed by atoms with Crippen LogP contribution in [0.25, 0.3) is 0 Å². The number of nitrogens with zero attached hydrogens (tertiary/aromatic N) is 3. The number of anilines is 2. The molecule has 28 heavy (non-hydrogen) atoms. The zero-order valence-corrected chi connectivity index (χ0v) is 16.7. The molecular weight excluding hydrogens is 350 g/mol. The van der Waals surface area contributed by atoms with Crippen LogP contribution in [0.15, 0.2) is 59.6 Å². The Kier molecular flexibility index (Phi) is 7.70. The summed E-state index contributed by atoms with van der Waals surface area (Å²) in [5, 5.41) is 3.19. The van der Waals surface area contributed by atoms with Crippen molar-refractivity contribution in [3.05, 3.63) is 60.2 Å². The molecule has 0 spiro atoms. The van der Waals surface area contributed by atoms with Crippen LogP contribution in [0, 0.1) is 0 Å². The van der Waals surface area contributed by atoms with Crippen LogP contribution in [0.4, 0.5) is 11.4 Å². The van der Waals surface area contributed by atoms with E-state index < -0.39 is 0 Å². The highest BCUT2D eigenvalue weighted by molar-refractivity contribution is 5.92. The SMILES string of the molecule is COCc1ccccc1NC(N)=NCCCN1CCN(c2ccccc2)CC1. The van der Waals surface area contributed by atoms with Gasteiger partial charge in [0, 0.05) is 63.3 Å². The highest BCUT2D eigenvalue weighted by Crippen LogP contribution is 2.16. The second kappa shape index (κ2) is 10.7. The van der Waals surface area contributed by atoms with Gasteiger partial charge >= 0.3 is 0 Å². The van der Waals surface area contributed by atoms with E-state index >= 15 is 0 Å². The molecular formula is C22H31N5O. The van der Waals surface area contributed by atoms with Gasteiger partial charge in [0.15, 0.2) is 5.96 Å². The number of para-hydroxylation sites is 2.